The summed E-state index contributed by atoms with van der Waals surface area (Å²) in [6, 6.07) is 7.15. The lowest BCUT2D eigenvalue weighted by molar-refractivity contribution is 0.408. The number of hydrogen-bond acceptors (Lipinski definition) is 2. The fourth-order valence-corrected chi connectivity index (χ4v) is 2.09. The van der Waals surface area contributed by atoms with Crippen LogP contribution in [-0.4, -0.2) is 13.7 Å². The maximum Gasteiger partial charge on any atom is 0.195 e. The first-order chi connectivity index (χ1) is 10.1. The molecule has 2 aromatic rings. The van der Waals surface area contributed by atoms with Gasteiger partial charge in [0, 0.05) is 17.7 Å². The van der Waals surface area contributed by atoms with Crippen molar-refractivity contribution in [3.63, 3.8) is 0 Å². The topological polar surface area (TPSA) is 21.3 Å². The number of nitrogens with one attached hydrogen (secondary N) is 1. The highest BCUT2D eigenvalue weighted by Crippen LogP contribution is 2.30. The minimum absolute atomic E-state index is 0.0225. The molecule has 2 nitrogen and oxygen atoms in total. The van der Waals surface area contributed by atoms with Crippen LogP contribution in [0.5, 0.6) is 5.75 Å². The van der Waals surface area contributed by atoms with Gasteiger partial charge in [0.1, 0.15) is 5.75 Å². The molecule has 2 aromatic carbocycles. The van der Waals surface area contributed by atoms with Crippen molar-refractivity contribution in [3.05, 3.63) is 53.3 Å². The second-order valence-corrected chi connectivity index (χ2v) is 4.53. The molecule has 0 amide bonds. The molecule has 0 spiro atoms. The minimum Gasteiger partial charge on any atom is -0.496 e. The van der Waals surface area contributed by atoms with E-state index in [2.05, 4.69) is 5.32 Å². The Labute approximate surface area is 121 Å². The molecule has 0 saturated carbocycles. The van der Waals surface area contributed by atoms with E-state index in [4.69, 9.17) is 4.74 Å². The Hall–Kier alpha value is -2.01. The van der Waals surface area contributed by atoms with Crippen molar-refractivity contribution in [1.82, 2.24) is 5.32 Å². The van der Waals surface area contributed by atoms with Crippen molar-refractivity contribution in [2.45, 2.75) is 13.5 Å². The molecule has 0 fully saturated rings. The highest BCUT2D eigenvalue weighted by atomic mass is 19.2. The smallest absolute Gasteiger partial charge is 0.195 e. The molecular weight excluding hydrogens is 279 g/mol. The zero-order valence-electron chi connectivity index (χ0n) is 11.8. The molecule has 0 radical (unpaired) electrons. The van der Waals surface area contributed by atoms with E-state index >= 15 is 0 Å². The van der Waals surface area contributed by atoms with Crippen LogP contribution in [0, 0.1) is 17.5 Å². The number of hydrogen-bond donors (Lipinski definition) is 1. The lowest BCUT2D eigenvalue weighted by Crippen LogP contribution is -2.12. The first-order valence-electron chi connectivity index (χ1n) is 6.60. The van der Waals surface area contributed by atoms with E-state index in [0.29, 0.717) is 17.9 Å². The number of rotatable bonds is 5. The van der Waals surface area contributed by atoms with Gasteiger partial charge in [-0.15, -0.1) is 0 Å². The Morgan fingerprint density at radius 1 is 1.05 bits per heavy atom. The average Bonchev–Trinajstić information content (AvgIpc) is 2.50. The van der Waals surface area contributed by atoms with Gasteiger partial charge in [-0.3, -0.25) is 0 Å². The maximum absolute atomic E-state index is 13.9. The first-order valence-corrected chi connectivity index (χ1v) is 6.60. The summed E-state index contributed by atoms with van der Waals surface area (Å²) in [6.45, 7) is 3.27. The molecule has 21 heavy (non-hydrogen) atoms. The van der Waals surface area contributed by atoms with Crippen molar-refractivity contribution in [2.24, 2.45) is 0 Å². The van der Waals surface area contributed by atoms with Gasteiger partial charge in [-0.1, -0.05) is 13.0 Å². The van der Waals surface area contributed by atoms with E-state index in [1.165, 1.54) is 6.07 Å². The summed E-state index contributed by atoms with van der Waals surface area (Å²) >= 11 is 0. The van der Waals surface area contributed by atoms with Crippen molar-refractivity contribution in [3.8, 4) is 16.9 Å². The number of halogens is 3. The summed E-state index contributed by atoms with van der Waals surface area (Å²) in [5, 5.41) is 3.15. The predicted octanol–water partition coefficient (Wildman–Crippen LogP) is 3.89. The van der Waals surface area contributed by atoms with Gasteiger partial charge in [0.15, 0.2) is 17.5 Å². The fourth-order valence-electron chi connectivity index (χ4n) is 2.09. The van der Waals surface area contributed by atoms with E-state index in [9.17, 15) is 13.2 Å². The molecule has 0 bridgehead atoms. The van der Waals surface area contributed by atoms with Crippen LogP contribution < -0.4 is 10.1 Å². The van der Waals surface area contributed by atoms with E-state index < -0.39 is 17.5 Å². The largest absolute Gasteiger partial charge is 0.496 e. The van der Waals surface area contributed by atoms with Crippen molar-refractivity contribution in [2.75, 3.05) is 13.7 Å². The highest BCUT2D eigenvalue weighted by molar-refractivity contribution is 5.66. The normalized spacial score (nSPS) is 10.7. The van der Waals surface area contributed by atoms with Crippen molar-refractivity contribution >= 4 is 0 Å². The minimum atomic E-state index is -1.46. The molecule has 0 aliphatic rings. The summed E-state index contributed by atoms with van der Waals surface area (Å²) in [5.41, 5.74) is 1.32. The molecule has 1 N–H and O–H groups in total. The van der Waals surface area contributed by atoms with Crippen LogP contribution in [0.25, 0.3) is 11.1 Å². The van der Waals surface area contributed by atoms with E-state index in [0.717, 1.165) is 18.2 Å². The van der Waals surface area contributed by atoms with Gasteiger partial charge in [-0.25, -0.2) is 13.2 Å². The molecule has 0 aromatic heterocycles. The third-order valence-corrected chi connectivity index (χ3v) is 3.19. The Kier molecular flexibility index (Phi) is 4.85. The van der Waals surface area contributed by atoms with Gasteiger partial charge in [0.25, 0.3) is 0 Å². The number of benzene rings is 2. The summed E-state index contributed by atoms with van der Waals surface area (Å²) in [4.78, 5) is 0. The third-order valence-electron chi connectivity index (χ3n) is 3.19. The summed E-state index contributed by atoms with van der Waals surface area (Å²) in [5.74, 6) is -3.19. The SMILES string of the molecule is CCNCc1cc(-c2ccc(F)c(F)c2F)ccc1OC. The predicted molar refractivity (Wildman–Crippen MR) is 75.7 cm³/mol. The Morgan fingerprint density at radius 2 is 1.81 bits per heavy atom. The molecule has 112 valence electrons. The maximum atomic E-state index is 13.9. The van der Waals surface area contributed by atoms with Crippen LogP contribution in [0.15, 0.2) is 30.3 Å². The monoisotopic (exact) mass is 295 g/mol. The highest BCUT2D eigenvalue weighted by Gasteiger charge is 2.15. The van der Waals surface area contributed by atoms with E-state index in [1.807, 2.05) is 6.92 Å². The molecule has 0 atom stereocenters. The fraction of sp³-hybridized carbons (Fsp3) is 0.250. The van der Waals surface area contributed by atoms with Crippen LogP contribution in [0.2, 0.25) is 0 Å². The van der Waals surface area contributed by atoms with Crippen molar-refractivity contribution in [1.29, 1.82) is 0 Å². The second kappa shape index (κ2) is 6.63. The van der Waals surface area contributed by atoms with Crippen molar-refractivity contribution < 1.29 is 17.9 Å². The number of methoxy groups -OCH3 is 1. The van der Waals surface area contributed by atoms with Gasteiger partial charge in [-0.2, -0.15) is 0 Å². The summed E-state index contributed by atoms with van der Waals surface area (Å²) in [7, 11) is 1.54. The molecule has 0 aliphatic carbocycles. The Morgan fingerprint density at radius 3 is 2.48 bits per heavy atom. The summed E-state index contributed by atoms with van der Waals surface area (Å²) < 4.78 is 45.4. The van der Waals surface area contributed by atoms with Gasteiger partial charge in [-0.05, 0) is 36.4 Å². The first kappa shape index (κ1) is 15.4. The molecule has 0 aliphatic heterocycles. The third kappa shape index (κ3) is 3.19. The van der Waals surface area contributed by atoms with Gasteiger partial charge in [0.05, 0.1) is 7.11 Å². The Bertz CT molecular complexity index is 644. The zero-order valence-corrected chi connectivity index (χ0v) is 11.8. The zero-order chi connectivity index (χ0) is 15.4. The lowest BCUT2D eigenvalue weighted by atomic mass is 10.0. The van der Waals surface area contributed by atoms with Crippen LogP contribution in [0.1, 0.15) is 12.5 Å². The molecule has 5 heteroatoms. The molecule has 0 heterocycles. The average molecular weight is 295 g/mol. The second-order valence-electron chi connectivity index (χ2n) is 4.53. The van der Waals surface area contributed by atoms with Crippen LogP contribution in [-0.2, 0) is 6.54 Å². The molecule has 2 rings (SSSR count). The molecular formula is C16H16F3NO. The van der Waals surface area contributed by atoms with Crippen LogP contribution in [0.4, 0.5) is 13.2 Å². The van der Waals surface area contributed by atoms with E-state index in [1.54, 1.807) is 25.3 Å². The van der Waals surface area contributed by atoms with Crippen LogP contribution >= 0.6 is 0 Å². The van der Waals surface area contributed by atoms with Crippen LogP contribution in [0.3, 0.4) is 0 Å². The molecule has 0 unspecified atom stereocenters. The van der Waals surface area contributed by atoms with E-state index in [-0.39, 0.29) is 5.56 Å². The lowest BCUT2D eigenvalue weighted by Gasteiger charge is -2.12. The summed E-state index contributed by atoms with van der Waals surface area (Å²) in [6.07, 6.45) is 0. The number of ether oxygens (including phenoxy) is 1. The van der Waals surface area contributed by atoms with Gasteiger partial charge < -0.3 is 10.1 Å². The standard InChI is InChI=1S/C16H16F3NO/c1-3-20-9-11-8-10(4-7-14(11)21-2)12-5-6-13(17)16(19)15(12)18/h4-8,20H,3,9H2,1-2H3. The molecule has 0 saturated heterocycles. The Balaban J connectivity index is 2.47. The quantitative estimate of drug-likeness (QED) is 0.845. The van der Waals surface area contributed by atoms with Gasteiger partial charge >= 0.3 is 0 Å². The van der Waals surface area contributed by atoms with Gasteiger partial charge in [0.2, 0.25) is 0 Å².